The molecule has 3 aromatic carbocycles. The van der Waals surface area contributed by atoms with Crippen molar-refractivity contribution < 1.29 is 19.4 Å². The molecule has 0 spiro atoms. The van der Waals surface area contributed by atoms with Crippen LogP contribution in [0.1, 0.15) is 20.7 Å². The van der Waals surface area contributed by atoms with Crippen LogP contribution in [0.2, 0.25) is 5.02 Å². The number of nitrogens with one attached hydrogen (secondary N) is 1. The van der Waals surface area contributed by atoms with E-state index in [0.717, 1.165) is 0 Å². The topological polar surface area (TPSA) is 75.6 Å². The van der Waals surface area contributed by atoms with E-state index in [1.807, 2.05) is 0 Å². The van der Waals surface area contributed by atoms with Crippen molar-refractivity contribution in [1.82, 2.24) is 0 Å². The molecule has 0 aliphatic carbocycles. The van der Waals surface area contributed by atoms with Gasteiger partial charge in [-0.2, -0.15) is 0 Å². The minimum atomic E-state index is -1.16. The van der Waals surface area contributed by atoms with Crippen molar-refractivity contribution in [3.63, 3.8) is 0 Å². The van der Waals surface area contributed by atoms with Gasteiger partial charge in [0.25, 0.3) is 5.91 Å². The highest BCUT2D eigenvalue weighted by Crippen LogP contribution is 2.40. The van der Waals surface area contributed by atoms with Gasteiger partial charge in [0.2, 0.25) is 0 Å². The van der Waals surface area contributed by atoms with Gasteiger partial charge in [-0.05, 0) is 42.0 Å². The molecule has 0 atom stereocenters. The molecule has 0 bridgehead atoms. The van der Waals surface area contributed by atoms with Crippen LogP contribution in [0.25, 0.3) is 11.1 Å². The summed E-state index contributed by atoms with van der Waals surface area (Å²) in [5.74, 6) is -1.16. The first-order valence-electron chi connectivity index (χ1n) is 8.08. The number of rotatable bonds is 5. The predicted molar refractivity (Wildman–Crippen MR) is 105 cm³/mol. The fourth-order valence-electron chi connectivity index (χ4n) is 2.77. The van der Waals surface area contributed by atoms with Crippen LogP contribution in [0.15, 0.2) is 66.7 Å². The SMILES string of the molecule is COc1ccc(C(=O)O)c(NC(=O)c2ccccc2)c1-c1cccc(Cl)c1. The maximum absolute atomic E-state index is 12.7. The number of hydrogen-bond donors (Lipinski definition) is 2. The van der Waals surface area contributed by atoms with Gasteiger partial charge >= 0.3 is 5.97 Å². The van der Waals surface area contributed by atoms with E-state index in [9.17, 15) is 14.7 Å². The Balaban J connectivity index is 2.20. The Hall–Kier alpha value is -3.31. The normalized spacial score (nSPS) is 10.3. The van der Waals surface area contributed by atoms with Crippen molar-refractivity contribution in [3.05, 3.63) is 82.9 Å². The van der Waals surface area contributed by atoms with E-state index < -0.39 is 11.9 Å². The lowest BCUT2D eigenvalue weighted by atomic mass is 9.98. The van der Waals surface area contributed by atoms with Crippen molar-refractivity contribution in [3.8, 4) is 16.9 Å². The van der Waals surface area contributed by atoms with Crippen LogP contribution in [-0.2, 0) is 0 Å². The van der Waals surface area contributed by atoms with Crippen molar-refractivity contribution in [2.24, 2.45) is 0 Å². The number of aromatic carboxylic acids is 1. The van der Waals surface area contributed by atoms with E-state index in [-0.39, 0.29) is 11.3 Å². The molecule has 0 fully saturated rings. The minimum absolute atomic E-state index is 0.0462. The molecular formula is C21H16ClNO4. The molecule has 0 saturated heterocycles. The standard InChI is InChI=1S/C21H16ClNO4/c1-27-17-11-10-16(21(25)26)19(18(17)14-8-5-9-15(22)12-14)23-20(24)13-6-3-2-4-7-13/h2-12H,1H3,(H,23,24)(H,25,26). The molecule has 0 aliphatic heterocycles. The van der Waals surface area contributed by atoms with Gasteiger partial charge in [-0.3, -0.25) is 4.79 Å². The summed E-state index contributed by atoms with van der Waals surface area (Å²) in [6, 6.07) is 18.4. The van der Waals surface area contributed by atoms with Gasteiger partial charge in [0.05, 0.1) is 18.4 Å². The summed E-state index contributed by atoms with van der Waals surface area (Å²) in [4.78, 5) is 24.4. The van der Waals surface area contributed by atoms with Crippen LogP contribution in [0.3, 0.4) is 0 Å². The average molecular weight is 382 g/mol. The summed E-state index contributed by atoms with van der Waals surface area (Å²) in [6.07, 6.45) is 0. The first-order valence-corrected chi connectivity index (χ1v) is 8.45. The van der Waals surface area contributed by atoms with Crippen molar-refractivity contribution >= 4 is 29.2 Å². The number of carbonyl (C=O) groups is 2. The lowest BCUT2D eigenvalue weighted by Crippen LogP contribution is -2.16. The fraction of sp³-hybridized carbons (Fsp3) is 0.0476. The average Bonchev–Trinajstić information content (AvgIpc) is 2.67. The third kappa shape index (κ3) is 3.93. The number of halogens is 1. The second kappa shape index (κ2) is 7.93. The number of methoxy groups -OCH3 is 1. The summed E-state index contributed by atoms with van der Waals surface area (Å²) < 4.78 is 5.41. The Labute approximate surface area is 161 Å². The van der Waals surface area contributed by atoms with Gasteiger partial charge in [0.15, 0.2) is 0 Å². The Morgan fingerprint density at radius 1 is 1.00 bits per heavy atom. The number of carboxylic acid groups (broad SMARTS) is 1. The molecule has 0 heterocycles. The van der Waals surface area contributed by atoms with Crippen molar-refractivity contribution in [1.29, 1.82) is 0 Å². The number of carbonyl (C=O) groups excluding carboxylic acids is 1. The molecule has 0 saturated carbocycles. The zero-order valence-corrected chi connectivity index (χ0v) is 15.2. The van der Waals surface area contributed by atoms with E-state index in [1.165, 1.54) is 13.2 Å². The highest BCUT2D eigenvalue weighted by Gasteiger charge is 2.22. The molecule has 5 nitrogen and oxygen atoms in total. The Bertz CT molecular complexity index is 1000. The number of benzene rings is 3. The van der Waals surface area contributed by atoms with Gasteiger partial charge in [0.1, 0.15) is 5.75 Å². The number of anilines is 1. The van der Waals surface area contributed by atoms with E-state index in [2.05, 4.69) is 5.32 Å². The number of amides is 1. The number of carboxylic acids is 1. The second-order valence-corrected chi connectivity index (χ2v) is 6.14. The lowest BCUT2D eigenvalue weighted by molar-refractivity contribution is 0.0698. The summed E-state index contributed by atoms with van der Waals surface area (Å²) >= 11 is 6.10. The van der Waals surface area contributed by atoms with Crippen molar-refractivity contribution in [2.45, 2.75) is 0 Å². The zero-order chi connectivity index (χ0) is 19.4. The van der Waals surface area contributed by atoms with Crippen LogP contribution >= 0.6 is 11.6 Å². The van der Waals surface area contributed by atoms with Gasteiger partial charge in [0, 0.05) is 16.1 Å². The first-order chi connectivity index (χ1) is 13.0. The molecule has 0 unspecified atom stereocenters. The summed E-state index contributed by atoms with van der Waals surface area (Å²) in [7, 11) is 1.48. The molecule has 27 heavy (non-hydrogen) atoms. The highest BCUT2D eigenvalue weighted by atomic mass is 35.5. The maximum Gasteiger partial charge on any atom is 0.337 e. The molecule has 3 rings (SSSR count). The van der Waals surface area contributed by atoms with Crippen LogP contribution in [0.4, 0.5) is 5.69 Å². The largest absolute Gasteiger partial charge is 0.496 e. The zero-order valence-electron chi connectivity index (χ0n) is 14.4. The predicted octanol–water partition coefficient (Wildman–Crippen LogP) is 4.97. The summed E-state index contributed by atoms with van der Waals surface area (Å²) in [6.45, 7) is 0. The molecular weight excluding hydrogens is 366 g/mol. The summed E-state index contributed by atoms with van der Waals surface area (Å²) in [5.41, 5.74) is 1.59. The second-order valence-electron chi connectivity index (χ2n) is 5.70. The van der Waals surface area contributed by atoms with E-state index in [1.54, 1.807) is 60.7 Å². The third-order valence-electron chi connectivity index (χ3n) is 4.01. The van der Waals surface area contributed by atoms with Crippen LogP contribution in [0, 0.1) is 0 Å². The third-order valence-corrected chi connectivity index (χ3v) is 4.24. The van der Waals surface area contributed by atoms with Crippen LogP contribution < -0.4 is 10.1 Å². The van der Waals surface area contributed by atoms with Gasteiger partial charge < -0.3 is 15.2 Å². The number of ether oxygens (including phenoxy) is 1. The maximum atomic E-state index is 12.7. The quantitative estimate of drug-likeness (QED) is 0.654. The molecule has 0 aliphatic rings. The van der Waals surface area contributed by atoms with E-state index in [0.29, 0.717) is 27.5 Å². The Morgan fingerprint density at radius 2 is 1.74 bits per heavy atom. The smallest absolute Gasteiger partial charge is 0.337 e. The molecule has 2 N–H and O–H groups in total. The van der Waals surface area contributed by atoms with Gasteiger partial charge in [-0.1, -0.05) is 41.9 Å². The highest BCUT2D eigenvalue weighted by molar-refractivity contribution is 6.31. The monoisotopic (exact) mass is 381 g/mol. The Morgan fingerprint density at radius 3 is 2.37 bits per heavy atom. The van der Waals surface area contributed by atoms with E-state index in [4.69, 9.17) is 16.3 Å². The molecule has 0 aromatic heterocycles. The van der Waals surface area contributed by atoms with E-state index >= 15 is 0 Å². The number of hydrogen-bond acceptors (Lipinski definition) is 3. The van der Waals surface area contributed by atoms with Crippen molar-refractivity contribution in [2.75, 3.05) is 12.4 Å². The van der Waals surface area contributed by atoms with Crippen LogP contribution in [0.5, 0.6) is 5.75 Å². The minimum Gasteiger partial charge on any atom is -0.496 e. The molecule has 136 valence electrons. The summed E-state index contributed by atoms with van der Waals surface area (Å²) in [5, 5.41) is 12.8. The molecule has 0 radical (unpaired) electrons. The van der Waals surface area contributed by atoms with Crippen LogP contribution in [-0.4, -0.2) is 24.1 Å². The molecule has 6 heteroatoms. The van der Waals surface area contributed by atoms with Gasteiger partial charge in [-0.25, -0.2) is 4.79 Å². The van der Waals surface area contributed by atoms with Gasteiger partial charge in [-0.15, -0.1) is 0 Å². The first kappa shape index (κ1) is 18.5. The lowest BCUT2D eigenvalue weighted by Gasteiger charge is -2.18. The molecule has 3 aromatic rings. The fourth-order valence-corrected chi connectivity index (χ4v) is 2.96. The Kier molecular flexibility index (Phi) is 5.43. The molecule has 1 amide bonds.